The molecule has 0 N–H and O–H groups in total. The Balaban J connectivity index is 3.27. The zero-order valence-electron chi connectivity index (χ0n) is 16.9. The van der Waals surface area contributed by atoms with E-state index < -0.39 is 0 Å². The van der Waals surface area contributed by atoms with Gasteiger partial charge in [0.25, 0.3) is 0 Å². The van der Waals surface area contributed by atoms with Crippen molar-refractivity contribution in [1.29, 1.82) is 0 Å². The maximum absolute atomic E-state index is 2.50. The molecule has 0 aromatic heterocycles. The Morgan fingerprint density at radius 2 is 1.00 bits per heavy atom. The van der Waals surface area contributed by atoms with Gasteiger partial charge in [-0.15, -0.1) is 0 Å². The Labute approximate surface area is 135 Å². The van der Waals surface area contributed by atoms with E-state index in [9.17, 15) is 0 Å². The topological polar surface area (TPSA) is 0 Å². The van der Waals surface area contributed by atoms with Crippen LogP contribution in [-0.4, -0.2) is 0 Å². The summed E-state index contributed by atoms with van der Waals surface area (Å²) in [5.41, 5.74) is 2.03. The van der Waals surface area contributed by atoms with Gasteiger partial charge in [-0.2, -0.15) is 0 Å². The molecule has 0 radical (unpaired) electrons. The molecule has 0 aromatic carbocycles. The van der Waals surface area contributed by atoms with Crippen LogP contribution in [0.15, 0.2) is 0 Å². The molecule has 1 fully saturated rings. The van der Waals surface area contributed by atoms with E-state index in [2.05, 4.69) is 76.2 Å². The molecule has 1 unspecified atom stereocenters. The van der Waals surface area contributed by atoms with Crippen LogP contribution in [-0.2, 0) is 0 Å². The second kappa shape index (κ2) is 5.27. The van der Waals surface area contributed by atoms with E-state index in [0.29, 0.717) is 27.1 Å². The van der Waals surface area contributed by atoms with Crippen molar-refractivity contribution in [3.8, 4) is 0 Å². The molecule has 0 spiro atoms. The lowest BCUT2D eigenvalue weighted by Gasteiger charge is -2.53. The van der Waals surface area contributed by atoms with Crippen LogP contribution in [0.5, 0.6) is 0 Å². The summed E-state index contributed by atoms with van der Waals surface area (Å²) in [5.74, 6) is 0.775. The van der Waals surface area contributed by atoms with Crippen LogP contribution in [0, 0.1) is 33.0 Å². The van der Waals surface area contributed by atoms with Crippen LogP contribution in [0.1, 0.15) is 102 Å². The van der Waals surface area contributed by atoms with Gasteiger partial charge in [-0.05, 0) is 58.7 Å². The smallest absolute Gasteiger partial charge is 0.0298 e. The largest absolute Gasteiger partial charge is 0.0620 e. The maximum atomic E-state index is 2.50. The predicted molar refractivity (Wildman–Crippen MR) is 96.5 cm³/mol. The molecule has 0 bridgehead atoms. The maximum Gasteiger partial charge on any atom is -0.0298 e. The molecular weight excluding hydrogens is 252 g/mol. The van der Waals surface area contributed by atoms with Crippen LogP contribution in [0.4, 0.5) is 0 Å². The van der Waals surface area contributed by atoms with E-state index in [0.717, 1.165) is 5.92 Å². The minimum Gasteiger partial charge on any atom is -0.0620 e. The van der Waals surface area contributed by atoms with Crippen molar-refractivity contribution in [2.75, 3.05) is 0 Å². The van der Waals surface area contributed by atoms with Crippen LogP contribution in [0.3, 0.4) is 0 Å². The van der Waals surface area contributed by atoms with Gasteiger partial charge in [0.1, 0.15) is 0 Å². The first-order chi connectivity index (χ1) is 9.00. The lowest BCUT2D eigenvalue weighted by molar-refractivity contribution is -0.0336. The molecule has 0 amide bonds. The summed E-state index contributed by atoms with van der Waals surface area (Å²) in [6.45, 7) is 27.5. The van der Waals surface area contributed by atoms with Gasteiger partial charge in [0.15, 0.2) is 0 Å². The van der Waals surface area contributed by atoms with Crippen LogP contribution >= 0.6 is 0 Å². The average molecular weight is 295 g/mol. The molecule has 1 saturated carbocycles. The Hall–Kier alpha value is 0. The number of rotatable bonds is 0. The van der Waals surface area contributed by atoms with Crippen LogP contribution in [0.2, 0.25) is 0 Å². The number of hydrogen-bond acceptors (Lipinski definition) is 0. The lowest BCUT2D eigenvalue weighted by Crippen LogP contribution is -2.44. The predicted octanol–water partition coefficient (Wildman–Crippen LogP) is 7.33. The van der Waals surface area contributed by atoms with Crippen molar-refractivity contribution in [3.05, 3.63) is 0 Å². The molecule has 1 atom stereocenters. The Morgan fingerprint density at radius 1 is 0.571 bits per heavy atom. The van der Waals surface area contributed by atoms with Gasteiger partial charge in [-0.25, -0.2) is 0 Å². The quantitative estimate of drug-likeness (QED) is 0.439. The Kier molecular flexibility index (Phi) is 4.78. The lowest BCUT2D eigenvalue weighted by atomic mass is 9.52. The minimum atomic E-state index is 0.376. The zero-order valence-corrected chi connectivity index (χ0v) is 16.9. The summed E-state index contributed by atoms with van der Waals surface area (Å²) in [6.07, 6.45) is 5.32. The summed E-state index contributed by atoms with van der Waals surface area (Å²) in [4.78, 5) is 0. The highest BCUT2D eigenvalue weighted by Crippen LogP contribution is 2.57. The molecule has 0 aliphatic heterocycles. The minimum absolute atomic E-state index is 0.376. The van der Waals surface area contributed by atoms with E-state index >= 15 is 0 Å². The zero-order chi connectivity index (χ0) is 16.9. The molecule has 0 nitrogen and oxygen atoms in total. The van der Waals surface area contributed by atoms with E-state index in [4.69, 9.17) is 0 Å². The first-order valence-electron chi connectivity index (χ1n) is 9.00. The van der Waals surface area contributed by atoms with Gasteiger partial charge in [0, 0.05) is 0 Å². The molecule has 0 aromatic rings. The van der Waals surface area contributed by atoms with Crippen molar-refractivity contribution < 1.29 is 0 Å². The van der Waals surface area contributed by atoms with Crippen LogP contribution < -0.4 is 0 Å². The molecule has 126 valence electrons. The number of hydrogen-bond donors (Lipinski definition) is 0. The fraction of sp³-hybridized carbons (Fsp3) is 1.00. The summed E-state index contributed by atoms with van der Waals surface area (Å²) in [6, 6.07) is 0. The Morgan fingerprint density at radius 3 is 1.48 bits per heavy atom. The Bertz CT molecular complexity index is 365. The summed E-state index contributed by atoms with van der Waals surface area (Å²) in [7, 11) is 0. The third-order valence-electron chi connectivity index (χ3n) is 6.80. The van der Waals surface area contributed by atoms with Gasteiger partial charge in [-0.1, -0.05) is 76.2 Å². The highest BCUT2D eigenvalue weighted by molar-refractivity contribution is 4.97. The van der Waals surface area contributed by atoms with Crippen molar-refractivity contribution in [3.63, 3.8) is 0 Å². The second-order valence-electron chi connectivity index (χ2n) is 11.7. The van der Waals surface area contributed by atoms with E-state index in [1.807, 2.05) is 0 Å². The van der Waals surface area contributed by atoms with Gasteiger partial charge >= 0.3 is 0 Å². The van der Waals surface area contributed by atoms with E-state index in [1.165, 1.54) is 25.7 Å². The summed E-state index contributed by atoms with van der Waals surface area (Å²) in [5, 5.41) is 0. The first-order valence-corrected chi connectivity index (χ1v) is 9.00. The highest BCUT2D eigenvalue weighted by Gasteiger charge is 2.47. The molecule has 21 heavy (non-hydrogen) atoms. The van der Waals surface area contributed by atoms with Gasteiger partial charge in [0.05, 0.1) is 0 Å². The average Bonchev–Trinajstić information content (AvgIpc) is 2.08. The normalized spacial score (nSPS) is 34.1. The van der Waals surface area contributed by atoms with Crippen molar-refractivity contribution in [1.82, 2.24) is 0 Å². The fourth-order valence-corrected chi connectivity index (χ4v) is 5.52. The fourth-order valence-electron chi connectivity index (χ4n) is 5.52. The molecule has 1 aliphatic carbocycles. The monoisotopic (exact) mass is 294 g/mol. The third kappa shape index (κ3) is 4.49. The molecule has 1 rings (SSSR count). The third-order valence-corrected chi connectivity index (χ3v) is 6.80. The molecule has 1 aliphatic rings. The molecule has 0 heterocycles. The highest BCUT2D eigenvalue weighted by atomic mass is 14.5. The van der Waals surface area contributed by atoms with Gasteiger partial charge in [-0.3, -0.25) is 0 Å². The summed E-state index contributed by atoms with van der Waals surface area (Å²) < 4.78 is 0. The van der Waals surface area contributed by atoms with E-state index in [1.54, 1.807) is 0 Å². The van der Waals surface area contributed by atoms with Crippen molar-refractivity contribution >= 4 is 0 Å². The first kappa shape index (κ1) is 19.0. The SMILES string of the molecule is CC1CC(C)(C)CC(C)(C)CC(C)(C)C(C)(C)CC1(C)C. The van der Waals surface area contributed by atoms with Crippen molar-refractivity contribution in [2.45, 2.75) is 102 Å². The molecule has 0 heteroatoms. The van der Waals surface area contributed by atoms with Gasteiger partial charge in [0.2, 0.25) is 0 Å². The molecule has 0 saturated heterocycles. The van der Waals surface area contributed by atoms with Gasteiger partial charge < -0.3 is 0 Å². The summed E-state index contributed by atoms with van der Waals surface area (Å²) >= 11 is 0. The van der Waals surface area contributed by atoms with E-state index in [-0.39, 0.29) is 0 Å². The molecular formula is C21H42. The van der Waals surface area contributed by atoms with Crippen molar-refractivity contribution in [2.24, 2.45) is 33.0 Å². The standard InChI is InChI=1S/C21H42/c1-16-12-17(2,3)13-18(4,5)14-20(8,9)21(10,11)15-19(16,6)7/h16H,12-15H2,1-11H3. The van der Waals surface area contributed by atoms with Crippen LogP contribution in [0.25, 0.3) is 0 Å². The second-order valence-corrected chi connectivity index (χ2v) is 11.7.